The number of nitrogens with zero attached hydrogens (tertiary/aromatic N) is 4. The number of rotatable bonds is 8. The van der Waals surface area contributed by atoms with Crippen molar-refractivity contribution in [3.8, 4) is 0 Å². The molecule has 2 rings (SSSR count). The van der Waals surface area contributed by atoms with Gasteiger partial charge in [-0.2, -0.15) is 0 Å². The summed E-state index contributed by atoms with van der Waals surface area (Å²) < 4.78 is 9.31. The van der Waals surface area contributed by atoms with Crippen LogP contribution in [0.5, 0.6) is 0 Å². The summed E-state index contributed by atoms with van der Waals surface area (Å²) in [4.78, 5) is 8.59. The number of imidazole rings is 2. The minimum atomic E-state index is 0.717. The molecule has 2 heterocycles. The highest BCUT2D eigenvalue weighted by Gasteiger charge is 2.03. The van der Waals surface area contributed by atoms with Crippen LogP contribution < -0.4 is 5.32 Å². The molecule has 0 saturated carbocycles. The second-order valence-corrected chi connectivity index (χ2v) is 4.37. The molecular formula is C13H21N5O. The number of aryl methyl sites for hydroxylation is 3. The van der Waals surface area contributed by atoms with Gasteiger partial charge in [0.1, 0.15) is 11.6 Å². The Morgan fingerprint density at radius 1 is 1.16 bits per heavy atom. The van der Waals surface area contributed by atoms with Crippen LogP contribution in [0.4, 0.5) is 0 Å². The Hall–Kier alpha value is -1.66. The summed E-state index contributed by atoms with van der Waals surface area (Å²) in [5, 5.41) is 3.31. The van der Waals surface area contributed by atoms with Crippen molar-refractivity contribution < 1.29 is 4.74 Å². The summed E-state index contributed by atoms with van der Waals surface area (Å²) in [7, 11) is 1.70. The summed E-state index contributed by atoms with van der Waals surface area (Å²) in [5.41, 5.74) is 0. The second kappa shape index (κ2) is 7.06. The smallest absolute Gasteiger partial charge is 0.122 e. The van der Waals surface area contributed by atoms with E-state index in [-0.39, 0.29) is 0 Å². The lowest BCUT2D eigenvalue weighted by Crippen LogP contribution is -2.21. The molecule has 0 atom stereocenters. The van der Waals surface area contributed by atoms with Crippen LogP contribution in [-0.4, -0.2) is 39.4 Å². The number of ether oxygens (including phenoxy) is 1. The quantitative estimate of drug-likeness (QED) is 0.717. The van der Waals surface area contributed by atoms with Crippen LogP contribution in [0.1, 0.15) is 11.6 Å². The molecule has 0 radical (unpaired) electrons. The van der Waals surface area contributed by atoms with E-state index in [1.807, 2.05) is 31.7 Å². The third-order valence-electron chi connectivity index (χ3n) is 3.07. The Labute approximate surface area is 113 Å². The van der Waals surface area contributed by atoms with Crippen molar-refractivity contribution >= 4 is 0 Å². The Morgan fingerprint density at radius 2 is 1.89 bits per heavy atom. The molecule has 104 valence electrons. The minimum absolute atomic E-state index is 0.717. The van der Waals surface area contributed by atoms with Crippen molar-refractivity contribution in [3.63, 3.8) is 0 Å². The first kappa shape index (κ1) is 13.8. The number of aromatic nitrogens is 4. The maximum Gasteiger partial charge on any atom is 0.122 e. The van der Waals surface area contributed by atoms with Crippen LogP contribution in [-0.2, 0) is 24.4 Å². The fraction of sp³-hybridized carbons (Fsp3) is 0.538. The fourth-order valence-electron chi connectivity index (χ4n) is 1.94. The molecule has 0 amide bonds. The van der Waals surface area contributed by atoms with Gasteiger partial charge < -0.3 is 19.2 Å². The van der Waals surface area contributed by atoms with E-state index in [4.69, 9.17) is 4.74 Å². The molecule has 0 aliphatic heterocycles. The van der Waals surface area contributed by atoms with Crippen molar-refractivity contribution in [1.29, 1.82) is 0 Å². The monoisotopic (exact) mass is 263 g/mol. The lowest BCUT2D eigenvalue weighted by Gasteiger charge is -2.10. The predicted octanol–water partition coefficient (Wildman–Crippen LogP) is 0.824. The molecule has 0 bridgehead atoms. The largest absolute Gasteiger partial charge is 0.383 e. The second-order valence-electron chi connectivity index (χ2n) is 4.37. The Balaban J connectivity index is 1.83. The molecule has 2 aromatic heterocycles. The van der Waals surface area contributed by atoms with Gasteiger partial charge in [0.2, 0.25) is 0 Å². The van der Waals surface area contributed by atoms with E-state index >= 15 is 0 Å². The molecule has 0 aliphatic rings. The molecular weight excluding hydrogens is 242 g/mol. The zero-order chi connectivity index (χ0) is 13.5. The number of hydrogen-bond donors (Lipinski definition) is 1. The molecule has 0 spiro atoms. The number of hydrogen-bond acceptors (Lipinski definition) is 4. The van der Waals surface area contributed by atoms with Gasteiger partial charge in [0, 0.05) is 51.5 Å². The average Bonchev–Trinajstić information content (AvgIpc) is 3.01. The van der Waals surface area contributed by atoms with Crippen molar-refractivity contribution in [2.45, 2.75) is 26.6 Å². The molecule has 19 heavy (non-hydrogen) atoms. The third kappa shape index (κ3) is 3.90. The number of nitrogens with one attached hydrogen (secondary N) is 1. The molecule has 0 unspecified atom stereocenters. The first-order valence-corrected chi connectivity index (χ1v) is 6.48. The summed E-state index contributed by atoms with van der Waals surface area (Å²) >= 11 is 0. The van der Waals surface area contributed by atoms with Crippen molar-refractivity contribution in [3.05, 3.63) is 36.4 Å². The van der Waals surface area contributed by atoms with E-state index in [1.54, 1.807) is 7.11 Å². The van der Waals surface area contributed by atoms with Crippen LogP contribution >= 0.6 is 0 Å². The highest BCUT2D eigenvalue weighted by molar-refractivity contribution is 4.93. The third-order valence-corrected chi connectivity index (χ3v) is 3.07. The molecule has 1 N–H and O–H groups in total. The zero-order valence-electron chi connectivity index (χ0n) is 11.5. The molecule has 0 saturated heterocycles. The molecule has 2 aromatic rings. The SMILES string of the molecule is COCCNCc1nccn1CCn1ccnc1C. The minimum Gasteiger partial charge on any atom is -0.383 e. The average molecular weight is 263 g/mol. The normalized spacial score (nSPS) is 11.1. The van der Waals surface area contributed by atoms with Gasteiger partial charge >= 0.3 is 0 Å². The first-order chi connectivity index (χ1) is 9.31. The Morgan fingerprint density at radius 3 is 2.63 bits per heavy atom. The van der Waals surface area contributed by atoms with Crippen molar-refractivity contribution in [1.82, 2.24) is 24.4 Å². The van der Waals surface area contributed by atoms with Crippen LogP contribution in [0, 0.1) is 6.92 Å². The standard InChI is InChI=1S/C13H21N5O/c1-12-15-3-6-17(12)8-9-18-7-4-16-13(18)11-14-5-10-19-2/h3-4,6-7,14H,5,8-11H2,1-2H3. The van der Waals surface area contributed by atoms with Gasteiger partial charge in [-0.25, -0.2) is 9.97 Å². The zero-order valence-corrected chi connectivity index (χ0v) is 11.5. The molecule has 0 aliphatic carbocycles. The van der Waals surface area contributed by atoms with Crippen molar-refractivity contribution in [2.75, 3.05) is 20.3 Å². The van der Waals surface area contributed by atoms with Crippen LogP contribution in [0.2, 0.25) is 0 Å². The Kier molecular flexibility index (Phi) is 5.11. The molecule has 6 heteroatoms. The summed E-state index contributed by atoms with van der Waals surface area (Å²) in [6.07, 6.45) is 7.69. The van der Waals surface area contributed by atoms with E-state index in [1.165, 1.54) is 0 Å². The predicted molar refractivity (Wildman–Crippen MR) is 72.8 cm³/mol. The van der Waals surface area contributed by atoms with Gasteiger partial charge in [-0.05, 0) is 6.92 Å². The van der Waals surface area contributed by atoms with Gasteiger partial charge in [-0.15, -0.1) is 0 Å². The first-order valence-electron chi connectivity index (χ1n) is 6.48. The van der Waals surface area contributed by atoms with E-state index in [2.05, 4.69) is 24.4 Å². The topological polar surface area (TPSA) is 56.9 Å². The van der Waals surface area contributed by atoms with E-state index < -0.39 is 0 Å². The van der Waals surface area contributed by atoms with Crippen LogP contribution in [0.15, 0.2) is 24.8 Å². The molecule has 0 fully saturated rings. The van der Waals surface area contributed by atoms with Gasteiger partial charge in [0.05, 0.1) is 13.2 Å². The maximum absolute atomic E-state index is 5.00. The lowest BCUT2D eigenvalue weighted by molar-refractivity contribution is 0.198. The molecule has 6 nitrogen and oxygen atoms in total. The van der Waals surface area contributed by atoms with Gasteiger partial charge in [0.15, 0.2) is 0 Å². The van der Waals surface area contributed by atoms with Gasteiger partial charge in [-0.3, -0.25) is 0 Å². The summed E-state index contributed by atoms with van der Waals surface area (Å²) in [5.74, 6) is 2.09. The summed E-state index contributed by atoms with van der Waals surface area (Å²) in [6.45, 7) is 6.14. The summed E-state index contributed by atoms with van der Waals surface area (Å²) in [6, 6.07) is 0. The van der Waals surface area contributed by atoms with Crippen LogP contribution in [0.25, 0.3) is 0 Å². The highest BCUT2D eigenvalue weighted by atomic mass is 16.5. The van der Waals surface area contributed by atoms with E-state index in [0.717, 1.165) is 44.4 Å². The van der Waals surface area contributed by atoms with E-state index in [0.29, 0.717) is 0 Å². The van der Waals surface area contributed by atoms with Gasteiger partial charge in [-0.1, -0.05) is 0 Å². The Bertz CT molecular complexity index is 491. The molecule has 0 aromatic carbocycles. The highest BCUT2D eigenvalue weighted by Crippen LogP contribution is 2.01. The maximum atomic E-state index is 5.00. The number of methoxy groups -OCH3 is 1. The fourth-order valence-corrected chi connectivity index (χ4v) is 1.94. The van der Waals surface area contributed by atoms with Crippen molar-refractivity contribution in [2.24, 2.45) is 0 Å². The lowest BCUT2D eigenvalue weighted by atomic mass is 10.5. The van der Waals surface area contributed by atoms with E-state index in [9.17, 15) is 0 Å². The van der Waals surface area contributed by atoms with Crippen LogP contribution in [0.3, 0.4) is 0 Å². The van der Waals surface area contributed by atoms with Gasteiger partial charge in [0.25, 0.3) is 0 Å².